The van der Waals surface area contributed by atoms with Crippen molar-refractivity contribution in [2.75, 3.05) is 7.11 Å². The molecule has 1 aromatic heterocycles. The topological polar surface area (TPSA) is 46.2 Å². The van der Waals surface area contributed by atoms with Crippen LogP contribution in [-0.4, -0.2) is 18.1 Å². The first-order valence-corrected chi connectivity index (χ1v) is 10.1. The van der Waals surface area contributed by atoms with Gasteiger partial charge >= 0.3 is 0 Å². The van der Waals surface area contributed by atoms with E-state index in [1.54, 1.807) is 6.92 Å². The molecule has 162 valence electrons. The zero-order chi connectivity index (χ0) is 22.1. The average molecular weight is 419 g/mol. The maximum absolute atomic E-state index is 15.0. The SMILES string of the molecule is CC[C@H]1CC(NC(C)c2cc(F)c(-c3cc(C(C)(C)F)cc(OC)n3)cc2F)=CN1. The molecule has 0 radical (unpaired) electrons. The maximum atomic E-state index is 15.0. The fourth-order valence-electron chi connectivity index (χ4n) is 3.50. The third-order valence-electron chi connectivity index (χ3n) is 5.38. The molecule has 2 aromatic rings. The van der Waals surface area contributed by atoms with Crippen molar-refractivity contribution in [1.82, 2.24) is 15.6 Å². The van der Waals surface area contributed by atoms with Crippen molar-refractivity contribution < 1.29 is 17.9 Å². The first-order valence-electron chi connectivity index (χ1n) is 10.1. The lowest BCUT2D eigenvalue weighted by molar-refractivity contribution is 0.220. The summed E-state index contributed by atoms with van der Waals surface area (Å²) in [6.45, 7) is 6.64. The molecule has 1 unspecified atom stereocenters. The monoisotopic (exact) mass is 419 g/mol. The Morgan fingerprint density at radius 3 is 2.57 bits per heavy atom. The zero-order valence-corrected chi connectivity index (χ0v) is 17.9. The van der Waals surface area contributed by atoms with Crippen LogP contribution in [0, 0.1) is 11.6 Å². The normalized spacial score (nSPS) is 17.3. The van der Waals surface area contributed by atoms with Gasteiger partial charge in [0.15, 0.2) is 0 Å². The smallest absolute Gasteiger partial charge is 0.213 e. The molecule has 3 rings (SSSR count). The Balaban J connectivity index is 1.92. The van der Waals surface area contributed by atoms with Gasteiger partial charge in [-0.25, -0.2) is 18.2 Å². The number of methoxy groups -OCH3 is 1. The van der Waals surface area contributed by atoms with Gasteiger partial charge < -0.3 is 15.4 Å². The highest BCUT2D eigenvalue weighted by Gasteiger charge is 2.24. The molecule has 0 saturated heterocycles. The number of rotatable bonds is 7. The van der Waals surface area contributed by atoms with Crippen LogP contribution < -0.4 is 15.4 Å². The average Bonchev–Trinajstić information content (AvgIpc) is 3.15. The Hall–Kier alpha value is -2.70. The Kier molecular flexibility index (Phi) is 6.29. The number of aromatic nitrogens is 1. The number of nitrogens with one attached hydrogen (secondary N) is 2. The van der Waals surface area contributed by atoms with Crippen LogP contribution in [0.4, 0.5) is 13.2 Å². The molecule has 7 heteroatoms. The van der Waals surface area contributed by atoms with E-state index in [2.05, 4.69) is 22.5 Å². The minimum Gasteiger partial charge on any atom is -0.481 e. The summed E-state index contributed by atoms with van der Waals surface area (Å²) >= 11 is 0. The summed E-state index contributed by atoms with van der Waals surface area (Å²) in [6, 6.07) is 5.08. The Bertz CT molecular complexity index is 953. The molecule has 2 atom stereocenters. The number of benzene rings is 1. The fraction of sp³-hybridized carbons (Fsp3) is 0.435. The standard InChI is InChI=1S/C23H28F3N3O/c1-6-15-9-16(12-27-15)28-13(2)17-10-20(25)18(11-19(17)24)21-7-14(23(3,4)26)8-22(29-21)30-5/h7-8,10-13,15,27-28H,6,9H2,1-5H3/t13?,15-/m0/s1. The number of alkyl halides is 1. The summed E-state index contributed by atoms with van der Waals surface area (Å²) in [5.41, 5.74) is -0.159. The van der Waals surface area contributed by atoms with Crippen molar-refractivity contribution in [2.24, 2.45) is 0 Å². The number of hydrogen-bond donors (Lipinski definition) is 2. The van der Waals surface area contributed by atoms with Crippen molar-refractivity contribution in [2.45, 2.75) is 58.3 Å². The van der Waals surface area contributed by atoms with Crippen LogP contribution >= 0.6 is 0 Å². The molecule has 1 aliphatic rings. The number of nitrogens with zero attached hydrogens (tertiary/aromatic N) is 1. The van der Waals surface area contributed by atoms with E-state index < -0.39 is 23.3 Å². The van der Waals surface area contributed by atoms with Gasteiger partial charge in [-0.3, -0.25) is 0 Å². The highest BCUT2D eigenvalue weighted by molar-refractivity contribution is 5.63. The quantitative estimate of drug-likeness (QED) is 0.622. The molecule has 1 aromatic carbocycles. The summed E-state index contributed by atoms with van der Waals surface area (Å²) in [6.07, 6.45) is 3.69. The van der Waals surface area contributed by atoms with Gasteiger partial charge in [0, 0.05) is 41.6 Å². The summed E-state index contributed by atoms with van der Waals surface area (Å²) < 4.78 is 49.5. The highest BCUT2D eigenvalue weighted by Crippen LogP contribution is 2.33. The summed E-state index contributed by atoms with van der Waals surface area (Å²) in [4.78, 5) is 4.18. The predicted octanol–water partition coefficient (Wildman–Crippen LogP) is 5.50. The highest BCUT2D eigenvalue weighted by atomic mass is 19.1. The first-order chi connectivity index (χ1) is 14.1. The van der Waals surface area contributed by atoms with Crippen LogP contribution in [0.15, 0.2) is 36.2 Å². The van der Waals surface area contributed by atoms with Crippen molar-refractivity contribution >= 4 is 0 Å². The van der Waals surface area contributed by atoms with Crippen molar-refractivity contribution in [3.05, 3.63) is 58.9 Å². The van der Waals surface area contributed by atoms with Crippen LogP contribution in [0.1, 0.15) is 57.7 Å². The largest absolute Gasteiger partial charge is 0.481 e. The third-order valence-corrected chi connectivity index (χ3v) is 5.38. The number of hydrogen-bond acceptors (Lipinski definition) is 4. The van der Waals surface area contributed by atoms with Gasteiger partial charge in [0.2, 0.25) is 5.88 Å². The molecule has 0 spiro atoms. The van der Waals surface area contributed by atoms with Gasteiger partial charge in [-0.2, -0.15) is 0 Å². The van der Waals surface area contributed by atoms with E-state index in [9.17, 15) is 13.2 Å². The molecule has 0 aliphatic carbocycles. The maximum Gasteiger partial charge on any atom is 0.213 e. The fourth-order valence-corrected chi connectivity index (χ4v) is 3.50. The van der Waals surface area contributed by atoms with E-state index in [0.29, 0.717) is 6.04 Å². The number of pyridine rings is 1. The molecular formula is C23H28F3N3O. The van der Waals surface area contributed by atoms with Gasteiger partial charge in [-0.1, -0.05) is 6.92 Å². The van der Waals surface area contributed by atoms with Crippen LogP contribution in [0.3, 0.4) is 0 Å². The second kappa shape index (κ2) is 8.58. The van der Waals surface area contributed by atoms with E-state index in [1.807, 2.05) is 6.20 Å². The van der Waals surface area contributed by atoms with Crippen LogP contribution in [0.2, 0.25) is 0 Å². The summed E-state index contributed by atoms with van der Waals surface area (Å²) in [5.74, 6) is -1.05. The van der Waals surface area contributed by atoms with Crippen LogP contribution in [0.25, 0.3) is 11.3 Å². The van der Waals surface area contributed by atoms with Crippen molar-refractivity contribution in [3.63, 3.8) is 0 Å². The molecule has 30 heavy (non-hydrogen) atoms. The minimum absolute atomic E-state index is 0.0411. The molecule has 0 amide bonds. The molecule has 0 fully saturated rings. The lowest BCUT2D eigenvalue weighted by atomic mass is 9.97. The molecule has 1 aliphatic heterocycles. The molecule has 0 saturated carbocycles. The Labute approximate surface area is 175 Å². The van der Waals surface area contributed by atoms with E-state index in [1.165, 1.54) is 39.2 Å². The van der Waals surface area contributed by atoms with Crippen LogP contribution in [-0.2, 0) is 5.67 Å². The van der Waals surface area contributed by atoms with Crippen molar-refractivity contribution in [1.29, 1.82) is 0 Å². The predicted molar refractivity (Wildman–Crippen MR) is 112 cm³/mol. The summed E-state index contributed by atoms with van der Waals surface area (Å²) in [7, 11) is 1.39. The van der Waals surface area contributed by atoms with E-state index in [4.69, 9.17) is 4.74 Å². The van der Waals surface area contributed by atoms with Crippen LogP contribution in [0.5, 0.6) is 5.88 Å². The number of halogens is 3. The molecule has 2 heterocycles. The third kappa shape index (κ3) is 4.71. The lowest BCUT2D eigenvalue weighted by Crippen LogP contribution is -2.20. The van der Waals surface area contributed by atoms with Gasteiger partial charge in [0.25, 0.3) is 0 Å². The first kappa shape index (κ1) is 22.0. The Morgan fingerprint density at radius 2 is 1.97 bits per heavy atom. The molecule has 0 bridgehead atoms. The Morgan fingerprint density at radius 1 is 1.23 bits per heavy atom. The van der Waals surface area contributed by atoms with Gasteiger partial charge in [0.1, 0.15) is 17.3 Å². The lowest BCUT2D eigenvalue weighted by Gasteiger charge is -2.19. The van der Waals surface area contributed by atoms with E-state index in [-0.39, 0.29) is 28.3 Å². The zero-order valence-electron chi connectivity index (χ0n) is 17.9. The molecule has 2 N–H and O–H groups in total. The summed E-state index contributed by atoms with van der Waals surface area (Å²) in [5, 5.41) is 6.50. The second-order valence-corrected chi connectivity index (χ2v) is 8.12. The second-order valence-electron chi connectivity index (χ2n) is 8.12. The van der Waals surface area contributed by atoms with E-state index in [0.717, 1.165) is 24.6 Å². The number of ether oxygens (including phenoxy) is 1. The molecule has 4 nitrogen and oxygen atoms in total. The van der Waals surface area contributed by atoms with Crippen molar-refractivity contribution in [3.8, 4) is 17.1 Å². The van der Waals surface area contributed by atoms with Gasteiger partial charge in [-0.05, 0) is 51.0 Å². The molecular weight excluding hydrogens is 391 g/mol. The van der Waals surface area contributed by atoms with Gasteiger partial charge in [-0.15, -0.1) is 0 Å². The van der Waals surface area contributed by atoms with Gasteiger partial charge in [0.05, 0.1) is 18.8 Å². The minimum atomic E-state index is -1.68. The van der Waals surface area contributed by atoms with E-state index >= 15 is 0 Å².